The monoisotopic (exact) mass is 372 g/mol. The maximum atomic E-state index is 12.5. The van der Waals surface area contributed by atoms with Crippen molar-refractivity contribution in [3.05, 3.63) is 42.4 Å². The van der Waals surface area contributed by atoms with Crippen molar-refractivity contribution in [2.45, 2.75) is 24.3 Å². The smallest absolute Gasteiger partial charge is 0.237 e. The third kappa shape index (κ3) is 3.75. The number of aromatic nitrogens is 3. The van der Waals surface area contributed by atoms with Crippen molar-refractivity contribution in [1.82, 2.24) is 14.8 Å². The van der Waals surface area contributed by atoms with Crippen LogP contribution < -0.4 is 10.1 Å². The Morgan fingerprint density at radius 1 is 1.35 bits per heavy atom. The number of methoxy groups -OCH3 is 1. The zero-order valence-corrected chi connectivity index (χ0v) is 15.8. The van der Waals surface area contributed by atoms with Crippen LogP contribution in [0.2, 0.25) is 0 Å². The van der Waals surface area contributed by atoms with E-state index in [9.17, 15) is 4.79 Å². The first-order valence-corrected chi connectivity index (χ1v) is 8.93. The molecule has 8 heteroatoms. The molecule has 1 aromatic carbocycles. The van der Waals surface area contributed by atoms with Crippen LogP contribution >= 0.6 is 11.8 Å². The maximum Gasteiger partial charge on any atom is 0.237 e. The zero-order valence-electron chi connectivity index (χ0n) is 15.0. The van der Waals surface area contributed by atoms with Crippen LogP contribution in [0.25, 0.3) is 11.4 Å². The van der Waals surface area contributed by atoms with Crippen LogP contribution in [0.1, 0.15) is 12.7 Å². The summed E-state index contributed by atoms with van der Waals surface area (Å²) in [6, 6.07) is 9.10. The normalized spacial score (nSPS) is 12.0. The minimum absolute atomic E-state index is 0.118. The van der Waals surface area contributed by atoms with Gasteiger partial charge in [-0.3, -0.25) is 4.79 Å². The molecule has 0 aliphatic carbocycles. The second-order valence-corrected chi connectivity index (χ2v) is 7.04. The average Bonchev–Trinajstić information content (AvgIpc) is 3.21. The average molecular weight is 372 g/mol. The van der Waals surface area contributed by atoms with E-state index in [1.807, 2.05) is 49.7 Å². The minimum Gasteiger partial charge on any atom is -0.497 e. The fraction of sp³-hybridized carbons (Fsp3) is 0.278. The lowest BCUT2D eigenvalue weighted by atomic mass is 10.2. The van der Waals surface area contributed by atoms with E-state index in [1.54, 1.807) is 19.4 Å². The first-order chi connectivity index (χ1) is 12.5. The summed E-state index contributed by atoms with van der Waals surface area (Å²) in [5.41, 5.74) is 1.58. The summed E-state index contributed by atoms with van der Waals surface area (Å²) < 4.78 is 12.4. The molecule has 0 aliphatic heterocycles. The van der Waals surface area contributed by atoms with Gasteiger partial charge in [-0.1, -0.05) is 17.8 Å². The van der Waals surface area contributed by atoms with E-state index in [4.69, 9.17) is 9.15 Å². The van der Waals surface area contributed by atoms with Gasteiger partial charge in [0.25, 0.3) is 0 Å². The van der Waals surface area contributed by atoms with E-state index in [0.717, 1.165) is 11.3 Å². The highest BCUT2D eigenvalue weighted by Gasteiger charge is 2.20. The van der Waals surface area contributed by atoms with Gasteiger partial charge in [0, 0.05) is 18.8 Å². The molecule has 3 rings (SSSR count). The molecule has 26 heavy (non-hydrogen) atoms. The van der Waals surface area contributed by atoms with Crippen molar-refractivity contribution in [3.8, 4) is 17.1 Å². The number of furan rings is 1. The number of hydrogen-bond donors (Lipinski definition) is 1. The summed E-state index contributed by atoms with van der Waals surface area (Å²) >= 11 is 1.35. The van der Waals surface area contributed by atoms with Crippen molar-refractivity contribution in [3.63, 3.8) is 0 Å². The molecule has 2 heterocycles. The number of anilines is 1. The number of carbonyl (C=O) groups is 1. The number of nitrogens with zero attached hydrogens (tertiary/aromatic N) is 3. The topological polar surface area (TPSA) is 82.2 Å². The van der Waals surface area contributed by atoms with Crippen molar-refractivity contribution in [1.29, 1.82) is 0 Å². The predicted octanol–water partition coefficient (Wildman–Crippen LogP) is 3.51. The second-order valence-electron chi connectivity index (χ2n) is 5.74. The number of ether oxygens (including phenoxy) is 1. The van der Waals surface area contributed by atoms with Gasteiger partial charge in [-0.25, -0.2) is 0 Å². The quantitative estimate of drug-likeness (QED) is 0.667. The number of nitrogens with one attached hydrogen (secondary N) is 1. The Bertz CT molecular complexity index is 919. The minimum atomic E-state index is -0.345. The molecule has 136 valence electrons. The van der Waals surface area contributed by atoms with Crippen molar-refractivity contribution in [2.75, 3.05) is 12.4 Å². The summed E-state index contributed by atoms with van der Waals surface area (Å²) in [7, 11) is 3.46. The van der Waals surface area contributed by atoms with E-state index in [0.29, 0.717) is 22.4 Å². The SMILES string of the molecule is COc1cccc(NC(=O)[C@H](C)Sc2nnc(-c3ccoc3C)n2C)c1. The van der Waals surface area contributed by atoms with Gasteiger partial charge in [0.1, 0.15) is 11.5 Å². The summed E-state index contributed by atoms with van der Waals surface area (Å²) in [6.45, 7) is 3.71. The molecule has 0 spiro atoms. The van der Waals surface area contributed by atoms with Gasteiger partial charge in [0.2, 0.25) is 5.91 Å². The number of amides is 1. The van der Waals surface area contributed by atoms with Crippen LogP contribution in [0.5, 0.6) is 5.75 Å². The zero-order chi connectivity index (χ0) is 18.7. The second kappa shape index (κ2) is 7.65. The molecule has 0 fully saturated rings. The van der Waals surface area contributed by atoms with Gasteiger partial charge in [-0.2, -0.15) is 0 Å². The van der Waals surface area contributed by atoms with Crippen LogP contribution in [-0.4, -0.2) is 33.0 Å². The van der Waals surface area contributed by atoms with E-state index in [1.165, 1.54) is 11.8 Å². The molecule has 7 nitrogen and oxygen atoms in total. The lowest BCUT2D eigenvalue weighted by Crippen LogP contribution is -2.22. The summed E-state index contributed by atoms with van der Waals surface area (Å²) in [5.74, 6) is 2.06. The van der Waals surface area contributed by atoms with Crippen LogP contribution in [0.4, 0.5) is 5.69 Å². The fourth-order valence-electron chi connectivity index (χ4n) is 2.43. The molecule has 0 saturated heterocycles. The third-order valence-corrected chi connectivity index (χ3v) is 5.06. The molecule has 3 aromatic rings. The van der Waals surface area contributed by atoms with Gasteiger partial charge in [0.15, 0.2) is 11.0 Å². The largest absolute Gasteiger partial charge is 0.497 e. The number of benzene rings is 1. The van der Waals surface area contributed by atoms with Gasteiger partial charge >= 0.3 is 0 Å². The highest BCUT2D eigenvalue weighted by atomic mass is 32.2. The Morgan fingerprint density at radius 3 is 2.85 bits per heavy atom. The number of hydrogen-bond acceptors (Lipinski definition) is 6. The van der Waals surface area contributed by atoms with Crippen molar-refractivity contribution in [2.24, 2.45) is 7.05 Å². The van der Waals surface area contributed by atoms with Crippen molar-refractivity contribution >= 4 is 23.4 Å². The Labute approximate surface area is 155 Å². The van der Waals surface area contributed by atoms with E-state index >= 15 is 0 Å². The van der Waals surface area contributed by atoms with Crippen LogP contribution in [-0.2, 0) is 11.8 Å². The van der Waals surface area contributed by atoms with Gasteiger partial charge in [-0.15, -0.1) is 10.2 Å². The fourth-order valence-corrected chi connectivity index (χ4v) is 3.24. The molecule has 0 bridgehead atoms. The molecular formula is C18H20N4O3S. The van der Waals surface area contributed by atoms with Crippen LogP contribution in [0, 0.1) is 6.92 Å². The molecule has 0 radical (unpaired) electrons. The van der Waals surface area contributed by atoms with Crippen molar-refractivity contribution < 1.29 is 13.9 Å². The van der Waals surface area contributed by atoms with E-state index < -0.39 is 0 Å². The highest BCUT2D eigenvalue weighted by molar-refractivity contribution is 8.00. The third-order valence-electron chi connectivity index (χ3n) is 3.92. The molecule has 0 unspecified atom stereocenters. The molecule has 1 N–H and O–H groups in total. The number of thioether (sulfide) groups is 1. The standard InChI is InChI=1S/C18H20N4O3S/c1-11-15(8-9-25-11)16-20-21-18(22(16)3)26-12(2)17(23)19-13-6-5-7-14(10-13)24-4/h5-10,12H,1-4H3,(H,19,23)/t12-/m0/s1. The lowest BCUT2D eigenvalue weighted by molar-refractivity contribution is -0.115. The summed E-state index contributed by atoms with van der Waals surface area (Å²) in [4.78, 5) is 12.5. The molecule has 1 atom stereocenters. The van der Waals surface area contributed by atoms with Crippen LogP contribution in [0.15, 0.2) is 46.2 Å². The first-order valence-electron chi connectivity index (χ1n) is 8.05. The van der Waals surface area contributed by atoms with Gasteiger partial charge < -0.3 is 19.0 Å². The number of aryl methyl sites for hydroxylation is 1. The Hall–Kier alpha value is -2.74. The Morgan fingerprint density at radius 2 is 2.15 bits per heavy atom. The molecule has 1 amide bonds. The number of carbonyl (C=O) groups excluding carboxylic acids is 1. The van der Waals surface area contributed by atoms with E-state index in [-0.39, 0.29) is 11.2 Å². The lowest BCUT2D eigenvalue weighted by Gasteiger charge is -2.12. The first kappa shape index (κ1) is 18.1. The molecule has 0 saturated carbocycles. The Kier molecular flexibility index (Phi) is 5.32. The number of rotatable bonds is 6. The van der Waals surface area contributed by atoms with Crippen LogP contribution in [0.3, 0.4) is 0 Å². The van der Waals surface area contributed by atoms with Gasteiger partial charge in [0.05, 0.1) is 24.2 Å². The highest BCUT2D eigenvalue weighted by Crippen LogP contribution is 2.28. The molecular weight excluding hydrogens is 352 g/mol. The Balaban J connectivity index is 1.70. The molecule has 0 aliphatic rings. The van der Waals surface area contributed by atoms with Gasteiger partial charge in [-0.05, 0) is 32.0 Å². The maximum absolute atomic E-state index is 12.5. The molecule has 2 aromatic heterocycles. The summed E-state index contributed by atoms with van der Waals surface area (Å²) in [5, 5.41) is 11.6. The summed E-state index contributed by atoms with van der Waals surface area (Å²) in [6.07, 6.45) is 1.62. The van der Waals surface area contributed by atoms with E-state index in [2.05, 4.69) is 15.5 Å². The predicted molar refractivity (Wildman–Crippen MR) is 100 cm³/mol.